The van der Waals surface area contributed by atoms with Crippen LogP contribution in [-0.2, 0) is 44.6 Å². The minimum absolute atomic E-state index is 0.00972. The monoisotopic (exact) mass is 969 g/mol. The number of nitrogens with one attached hydrogen (secondary N) is 2. The first-order chi connectivity index (χ1) is 29.0. The Bertz CT molecular complexity index is 1530. The molecule has 4 amide bonds. The van der Waals surface area contributed by atoms with Crippen molar-refractivity contribution in [3.8, 4) is 0 Å². The summed E-state index contributed by atoms with van der Waals surface area (Å²) in [4.78, 5) is 77.6. The maximum absolute atomic E-state index is 14.6. The van der Waals surface area contributed by atoms with Crippen molar-refractivity contribution in [2.75, 3.05) is 77.0 Å². The zero-order chi connectivity index (χ0) is 45.4. The zero-order valence-electron chi connectivity index (χ0n) is 39.2. The van der Waals surface area contributed by atoms with Crippen molar-refractivity contribution < 1.29 is 59.4 Å². The Balaban J connectivity index is 1.76. The number of ether oxygens (including phenoxy) is 3. The number of amides is 4. The molecular formula is C46H78IN6O8-. The molecule has 2 aliphatic rings. The Hall–Kier alpha value is -2.86. The Morgan fingerprint density at radius 1 is 0.869 bits per heavy atom. The normalized spacial score (nSPS) is 20.2. The van der Waals surface area contributed by atoms with Crippen LogP contribution in [0.1, 0.15) is 79.7 Å². The predicted octanol–water partition coefficient (Wildman–Crippen LogP) is 0.309. The number of methoxy groups -OCH3 is 3. The Kier molecular flexibility index (Phi) is 22.4. The van der Waals surface area contributed by atoms with Crippen LogP contribution in [0.25, 0.3) is 0 Å². The maximum atomic E-state index is 14.6. The third-order valence-electron chi connectivity index (χ3n) is 12.8. The molecule has 0 aliphatic carbocycles. The number of benzene rings is 1. The number of hydrogen-bond acceptors (Lipinski definition) is 10. The fourth-order valence-electron chi connectivity index (χ4n) is 9.00. The van der Waals surface area contributed by atoms with Crippen molar-refractivity contribution in [3.63, 3.8) is 0 Å². The molecule has 0 unspecified atom stereocenters. The zero-order valence-corrected chi connectivity index (χ0v) is 41.3. The summed E-state index contributed by atoms with van der Waals surface area (Å²) in [5, 5.41) is 6.04. The molecule has 14 nitrogen and oxygen atoms in total. The number of rotatable bonds is 24. The molecule has 2 saturated heterocycles. The van der Waals surface area contributed by atoms with Crippen LogP contribution in [0.4, 0.5) is 0 Å². The minimum atomic E-state index is -0.891. The van der Waals surface area contributed by atoms with E-state index in [1.54, 1.807) is 30.9 Å². The number of alkyl halides is 2. The van der Waals surface area contributed by atoms with Gasteiger partial charge in [-0.2, -0.15) is 0 Å². The number of likely N-dealkylation sites (N-methyl/N-ethyl adjacent to an activating group) is 2. The van der Waals surface area contributed by atoms with Crippen molar-refractivity contribution in [3.05, 3.63) is 35.9 Å². The summed E-state index contributed by atoms with van der Waals surface area (Å²) in [7, 11) is 8.16. The summed E-state index contributed by atoms with van der Waals surface area (Å²) >= 11 is 0.344. The average molecular weight is 970 g/mol. The van der Waals surface area contributed by atoms with Crippen molar-refractivity contribution in [1.29, 1.82) is 0 Å². The van der Waals surface area contributed by atoms with Crippen molar-refractivity contribution >= 4 is 29.6 Å². The number of carbonyl (C=O) groups is 5. The van der Waals surface area contributed by atoms with Gasteiger partial charge < -0.3 is 24.4 Å². The molecule has 0 radical (unpaired) electrons. The Labute approximate surface area is 377 Å². The van der Waals surface area contributed by atoms with Crippen molar-refractivity contribution in [1.82, 2.24) is 30.2 Å². The molecule has 0 aromatic heterocycles. The summed E-state index contributed by atoms with van der Waals surface area (Å²) in [5.74, 6) is -2.34. The molecular weight excluding hydrogens is 891 g/mol. The quantitative estimate of drug-likeness (QED) is 0.0843. The first kappa shape index (κ1) is 52.5. The Morgan fingerprint density at radius 2 is 1.52 bits per heavy atom. The third-order valence-corrected chi connectivity index (χ3v) is 15.3. The molecule has 2 aliphatic heterocycles. The fourth-order valence-corrected chi connectivity index (χ4v) is 11.6. The molecule has 348 valence electrons. The molecule has 2 N–H and O–H groups in total. The van der Waals surface area contributed by atoms with Crippen LogP contribution < -0.4 is 31.8 Å². The van der Waals surface area contributed by atoms with Gasteiger partial charge in [-0.25, -0.2) is 4.79 Å². The molecule has 3 rings (SSSR count). The molecule has 9 atom stereocenters. The van der Waals surface area contributed by atoms with Gasteiger partial charge >= 0.3 is 162 Å². The summed E-state index contributed by atoms with van der Waals surface area (Å²) < 4.78 is 19.7. The number of hydrogen-bond donors (Lipinski definition) is 2. The van der Waals surface area contributed by atoms with Gasteiger partial charge in [-0.15, -0.1) is 0 Å². The fraction of sp³-hybridized carbons (Fsp3) is 0.761. The molecule has 15 heteroatoms. The molecule has 1 aromatic carbocycles. The van der Waals surface area contributed by atoms with Gasteiger partial charge in [-0.3, -0.25) is 9.59 Å². The number of esters is 1. The second-order valence-electron chi connectivity index (χ2n) is 17.7. The van der Waals surface area contributed by atoms with Crippen LogP contribution in [0.2, 0.25) is 0 Å². The summed E-state index contributed by atoms with van der Waals surface area (Å²) in [5.41, 5.74) is 0.879. The summed E-state index contributed by atoms with van der Waals surface area (Å²) in [6.45, 7) is 18.3. The molecule has 61 heavy (non-hydrogen) atoms. The van der Waals surface area contributed by atoms with Crippen LogP contribution in [0.15, 0.2) is 30.3 Å². The SMILES string of the molecule is CC[C@H](C)[C@@H]([C@@H](CC(=O)N1CCC[C@H]1[C@H](OC)[C@@H](C)C(=O)N[C@@H](Cc1ccccc1)C(=O)OC)OC)N(C)C(=O)[C@@H](NC(=O)[C@H](C(C)C)N(C)CCN1CC[I-]CC1)C(C)C. The van der Waals surface area contributed by atoms with Gasteiger partial charge in [-0.1, -0.05) is 57.5 Å². The van der Waals surface area contributed by atoms with Gasteiger partial charge in [0.2, 0.25) is 11.8 Å². The van der Waals surface area contributed by atoms with E-state index in [2.05, 4.69) is 34.3 Å². The van der Waals surface area contributed by atoms with E-state index in [4.69, 9.17) is 14.2 Å². The second-order valence-corrected chi connectivity index (χ2v) is 20.9. The molecule has 0 saturated carbocycles. The van der Waals surface area contributed by atoms with Crippen LogP contribution in [0, 0.1) is 23.7 Å². The van der Waals surface area contributed by atoms with E-state index in [1.165, 1.54) is 23.1 Å². The van der Waals surface area contributed by atoms with E-state index >= 15 is 0 Å². The van der Waals surface area contributed by atoms with Gasteiger partial charge in [0.1, 0.15) is 6.04 Å². The van der Waals surface area contributed by atoms with Gasteiger partial charge in [-0.05, 0) is 24.3 Å². The Morgan fingerprint density at radius 3 is 2.08 bits per heavy atom. The molecule has 0 spiro atoms. The number of nitrogens with zero attached hydrogens (tertiary/aromatic N) is 4. The standard InChI is InChI=1S/C46H78IN6O8/c1-13-32(6)41(51(9)45(57)39(30(2)3)49-44(56)40(31(4)5)50(8)26-27-52-24-21-47-22-25-52)37(59-10)29-38(54)53-23-17-20-36(53)42(60-11)33(7)43(55)48-35(46(58)61-12)28-34-18-15-14-16-19-34/h14-16,18-19,30-33,35-37,39-42H,13,17,20-29H2,1-12H3,(H,48,55)(H,49,56)/q-1/t32-,33+,35-,36-,37+,39-,40-,41-,42+/m0/s1. The topological polar surface area (TPSA) is 150 Å². The van der Waals surface area contributed by atoms with Crippen molar-refractivity contribution in [2.24, 2.45) is 23.7 Å². The van der Waals surface area contributed by atoms with E-state index in [0.717, 1.165) is 44.6 Å². The van der Waals surface area contributed by atoms with E-state index in [0.29, 0.717) is 34.2 Å². The number of likely N-dealkylation sites (tertiary alicyclic amines) is 1. The molecule has 2 heterocycles. The first-order valence-electron chi connectivity index (χ1n) is 22.3. The number of carbonyl (C=O) groups excluding carboxylic acids is 5. The summed E-state index contributed by atoms with van der Waals surface area (Å²) in [6, 6.07) is 6.49. The van der Waals surface area contributed by atoms with E-state index in [1.807, 2.05) is 65.1 Å². The van der Waals surface area contributed by atoms with Gasteiger partial charge in [0.25, 0.3) is 0 Å². The average Bonchev–Trinajstić information content (AvgIpc) is 3.74. The van der Waals surface area contributed by atoms with Gasteiger partial charge in [0.05, 0.1) is 43.7 Å². The third kappa shape index (κ3) is 14.9. The van der Waals surface area contributed by atoms with E-state index in [9.17, 15) is 24.0 Å². The van der Waals surface area contributed by atoms with Crippen LogP contribution in [-0.4, -0.2) is 169 Å². The predicted molar refractivity (Wildman–Crippen MR) is 234 cm³/mol. The van der Waals surface area contributed by atoms with Crippen LogP contribution >= 0.6 is 0 Å². The van der Waals surface area contributed by atoms with Gasteiger partial charge in [0, 0.05) is 34.2 Å². The number of halogens is 1. The van der Waals surface area contributed by atoms with Crippen molar-refractivity contribution in [2.45, 2.75) is 123 Å². The molecule has 2 fully saturated rings. The van der Waals surface area contributed by atoms with Gasteiger partial charge in [0.15, 0.2) is 0 Å². The second kappa shape index (κ2) is 26.1. The first-order valence-corrected chi connectivity index (χ1v) is 25.4. The van der Waals surface area contributed by atoms with E-state index < -0.39 is 54.3 Å². The van der Waals surface area contributed by atoms with Crippen LogP contribution in [0.5, 0.6) is 0 Å². The molecule has 0 bridgehead atoms. The van der Waals surface area contributed by atoms with Crippen LogP contribution in [0.3, 0.4) is 0 Å². The summed E-state index contributed by atoms with van der Waals surface area (Å²) in [6.07, 6.45) is 1.09. The molecule has 1 aromatic rings. The van der Waals surface area contributed by atoms with E-state index in [-0.39, 0.29) is 54.2 Å².